The molecule has 0 fully saturated rings. The molecule has 0 saturated carbocycles. The first-order valence-corrected chi connectivity index (χ1v) is 4.19. The Labute approximate surface area is 68.6 Å². The van der Waals surface area contributed by atoms with Gasteiger partial charge in [-0.1, -0.05) is 25.5 Å². The van der Waals surface area contributed by atoms with E-state index >= 15 is 0 Å². The summed E-state index contributed by atoms with van der Waals surface area (Å²) in [6.07, 6.45) is 3.99. The van der Waals surface area contributed by atoms with Crippen molar-refractivity contribution in [2.45, 2.75) is 26.7 Å². The van der Waals surface area contributed by atoms with Gasteiger partial charge in [0.1, 0.15) is 0 Å². The SMILES string of the molecule is CCC(=CC(CO)CO)CC. The van der Waals surface area contributed by atoms with Crippen LogP contribution < -0.4 is 0 Å². The van der Waals surface area contributed by atoms with E-state index in [1.807, 2.05) is 6.08 Å². The third-order valence-corrected chi connectivity index (χ3v) is 1.85. The first-order valence-electron chi connectivity index (χ1n) is 4.19. The highest BCUT2D eigenvalue weighted by molar-refractivity contribution is 5.03. The zero-order chi connectivity index (χ0) is 8.69. The van der Waals surface area contributed by atoms with Crippen molar-refractivity contribution in [3.8, 4) is 0 Å². The van der Waals surface area contributed by atoms with E-state index in [4.69, 9.17) is 10.2 Å². The lowest BCUT2D eigenvalue weighted by Crippen LogP contribution is -2.08. The minimum Gasteiger partial charge on any atom is -0.396 e. The minimum atomic E-state index is -0.0649. The van der Waals surface area contributed by atoms with Crippen LogP contribution in [0.2, 0.25) is 0 Å². The molecule has 0 aromatic rings. The first-order chi connectivity index (χ1) is 5.28. The van der Waals surface area contributed by atoms with E-state index in [0.717, 1.165) is 12.8 Å². The molecule has 66 valence electrons. The van der Waals surface area contributed by atoms with Gasteiger partial charge >= 0.3 is 0 Å². The molecule has 0 radical (unpaired) electrons. The molecule has 0 aromatic heterocycles. The summed E-state index contributed by atoms with van der Waals surface area (Å²) in [6.45, 7) is 4.25. The molecular weight excluding hydrogens is 140 g/mol. The number of aliphatic hydroxyl groups is 2. The Bertz CT molecular complexity index is 109. The zero-order valence-corrected chi connectivity index (χ0v) is 7.38. The van der Waals surface area contributed by atoms with Gasteiger partial charge in [0.15, 0.2) is 0 Å². The van der Waals surface area contributed by atoms with Crippen LogP contribution in [0.3, 0.4) is 0 Å². The average molecular weight is 158 g/mol. The maximum absolute atomic E-state index is 8.76. The molecule has 0 saturated heterocycles. The molecule has 0 aromatic carbocycles. The largest absolute Gasteiger partial charge is 0.396 e. The highest BCUT2D eigenvalue weighted by Gasteiger charge is 2.01. The second kappa shape index (κ2) is 6.38. The van der Waals surface area contributed by atoms with E-state index in [9.17, 15) is 0 Å². The maximum Gasteiger partial charge on any atom is 0.0515 e. The Morgan fingerprint density at radius 2 is 1.64 bits per heavy atom. The number of hydrogen-bond acceptors (Lipinski definition) is 2. The maximum atomic E-state index is 8.76. The molecule has 2 heteroatoms. The van der Waals surface area contributed by atoms with E-state index in [2.05, 4.69) is 13.8 Å². The van der Waals surface area contributed by atoms with Crippen LogP contribution in [0.15, 0.2) is 11.6 Å². The number of hydrogen-bond donors (Lipinski definition) is 2. The van der Waals surface area contributed by atoms with Crippen molar-refractivity contribution in [3.05, 3.63) is 11.6 Å². The molecule has 11 heavy (non-hydrogen) atoms. The molecule has 0 heterocycles. The van der Waals surface area contributed by atoms with Crippen molar-refractivity contribution in [2.24, 2.45) is 5.92 Å². The van der Waals surface area contributed by atoms with Crippen molar-refractivity contribution in [3.63, 3.8) is 0 Å². The molecule has 0 aliphatic carbocycles. The molecule has 0 atom stereocenters. The molecule has 0 aliphatic heterocycles. The van der Waals surface area contributed by atoms with Gasteiger partial charge in [0.05, 0.1) is 13.2 Å². The van der Waals surface area contributed by atoms with Gasteiger partial charge in [-0.05, 0) is 12.8 Å². The van der Waals surface area contributed by atoms with Crippen LogP contribution in [0.1, 0.15) is 26.7 Å². The Kier molecular flexibility index (Phi) is 6.18. The molecular formula is C9H18O2. The quantitative estimate of drug-likeness (QED) is 0.593. The highest BCUT2D eigenvalue weighted by Crippen LogP contribution is 2.09. The molecule has 2 nitrogen and oxygen atoms in total. The molecule has 0 amide bonds. The Morgan fingerprint density at radius 1 is 1.18 bits per heavy atom. The van der Waals surface area contributed by atoms with Crippen molar-refractivity contribution < 1.29 is 10.2 Å². The highest BCUT2D eigenvalue weighted by atomic mass is 16.3. The van der Waals surface area contributed by atoms with Gasteiger partial charge in [0, 0.05) is 5.92 Å². The lowest BCUT2D eigenvalue weighted by molar-refractivity contribution is 0.177. The predicted molar refractivity (Wildman–Crippen MR) is 46.3 cm³/mol. The summed E-state index contributed by atoms with van der Waals surface area (Å²) in [5, 5.41) is 17.5. The van der Waals surface area contributed by atoms with Gasteiger partial charge < -0.3 is 10.2 Å². The van der Waals surface area contributed by atoms with Crippen LogP contribution in [0.5, 0.6) is 0 Å². The molecule has 0 bridgehead atoms. The van der Waals surface area contributed by atoms with Gasteiger partial charge in [-0.25, -0.2) is 0 Å². The summed E-state index contributed by atoms with van der Waals surface area (Å²) in [4.78, 5) is 0. The molecule has 0 spiro atoms. The van der Waals surface area contributed by atoms with E-state index in [0.29, 0.717) is 0 Å². The van der Waals surface area contributed by atoms with Gasteiger partial charge in [-0.2, -0.15) is 0 Å². The van der Waals surface area contributed by atoms with Crippen molar-refractivity contribution in [1.82, 2.24) is 0 Å². The summed E-state index contributed by atoms with van der Waals surface area (Å²) in [6, 6.07) is 0. The zero-order valence-electron chi connectivity index (χ0n) is 7.38. The third-order valence-electron chi connectivity index (χ3n) is 1.85. The van der Waals surface area contributed by atoms with Crippen LogP contribution >= 0.6 is 0 Å². The second-order valence-electron chi connectivity index (χ2n) is 2.66. The van der Waals surface area contributed by atoms with E-state index in [1.54, 1.807) is 0 Å². The first kappa shape index (κ1) is 10.7. The molecule has 2 N–H and O–H groups in total. The van der Waals surface area contributed by atoms with E-state index in [1.165, 1.54) is 5.57 Å². The molecule has 0 rings (SSSR count). The van der Waals surface area contributed by atoms with Gasteiger partial charge in [-0.3, -0.25) is 0 Å². The Balaban J connectivity index is 3.98. The number of allylic oxidation sites excluding steroid dienone is 1. The van der Waals surface area contributed by atoms with Crippen LogP contribution in [-0.2, 0) is 0 Å². The van der Waals surface area contributed by atoms with Gasteiger partial charge in [0.25, 0.3) is 0 Å². The summed E-state index contributed by atoms with van der Waals surface area (Å²) in [7, 11) is 0. The fraction of sp³-hybridized carbons (Fsp3) is 0.778. The smallest absolute Gasteiger partial charge is 0.0515 e. The van der Waals surface area contributed by atoms with Crippen LogP contribution in [0.25, 0.3) is 0 Å². The topological polar surface area (TPSA) is 40.5 Å². The standard InChI is InChI=1S/C9H18O2/c1-3-8(4-2)5-9(6-10)7-11/h5,9-11H,3-4,6-7H2,1-2H3. The van der Waals surface area contributed by atoms with Crippen molar-refractivity contribution in [1.29, 1.82) is 0 Å². The van der Waals surface area contributed by atoms with Crippen molar-refractivity contribution >= 4 is 0 Å². The van der Waals surface area contributed by atoms with Crippen LogP contribution in [0, 0.1) is 5.92 Å². The van der Waals surface area contributed by atoms with Crippen LogP contribution in [0.4, 0.5) is 0 Å². The fourth-order valence-electron chi connectivity index (χ4n) is 0.982. The summed E-state index contributed by atoms with van der Waals surface area (Å²) in [5.74, 6) is -0.0649. The summed E-state index contributed by atoms with van der Waals surface area (Å²) >= 11 is 0. The number of aliphatic hydroxyl groups excluding tert-OH is 2. The number of rotatable bonds is 5. The van der Waals surface area contributed by atoms with E-state index < -0.39 is 0 Å². The predicted octanol–water partition coefficient (Wildman–Crippen LogP) is 1.33. The molecule has 0 aliphatic rings. The summed E-state index contributed by atoms with van der Waals surface area (Å²) in [5.41, 5.74) is 1.30. The lowest BCUT2D eigenvalue weighted by atomic mass is 10.0. The fourth-order valence-corrected chi connectivity index (χ4v) is 0.982. The van der Waals surface area contributed by atoms with Crippen molar-refractivity contribution in [2.75, 3.05) is 13.2 Å². The normalized spacial score (nSPS) is 10.3. The second-order valence-corrected chi connectivity index (χ2v) is 2.66. The van der Waals surface area contributed by atoms with Gasteiger partial charge in [-0.15, -0.1) is 0 Å². The van der Waals surface area contributed by atoms with E-state index in [-0.39, 0.29) is 19.1 Å². The monoisotopic (exact) mass is 158 g/mol. The third kappa shape index (κ3) is 4.17. The minimum absolute atomic E-state index is 0.0417. The molecule has 0 unspecified atom stereocenters. The average Bonchev–Trinajstić information content (AvgIpc) is 2.07. The Hall–Kier alpha value is -0.340. The Morgan fingerprint density at radius 3 is 1.91 bits per heavy atom. The lowest BCUT2D eigenvalue weighted by Gasteiger charge is -2.07. The van der Waals surface area contributed by atoms with Gasteiger partial charge in [0.2, 0.25) is 0 Å². The summed E-state index contributed by atoms with van der Waals surface area (Å²) < 4.78 is 0. The van der Waals surface area contributed by atoms with Crippen LogP contribution in [-0.4, -0.2) is 23.4 Å².